The van der Waals surface area contributed by atoms with Crippen LogP contribution in [0.15, 0.2) is 243 Å². The van der Waals surface area contributed by atoms with Crippen molar-refractivity contribution in [3.63, 3.8) is 0 Å². The van der Waals surface area contributed by atoms with Crippen LogP contribution in [-0.2, 0) is 0 Å². The fourth-order valence-electron chi connectivity index (χ4n) is 9.62. The van der Waals surface area contributed by atoms with Crippen LogP contribution < -0.4 is 10.6 Å². The number of nitrogens with one attached hydrogen (secondary N) is 2. The van der Waals surface area contributed by atoms with Crippen LogP contribution in [0.25, 0.3) is 88.4 Å². The molecule has 0 radical (unpaired) electrons. The molecule has 302 valence electrons. The highest BCUT2D eigenvalue weighted by atomic mass is 15.0. The van der Waals surface area contributed by atoms with E-state index >= 15 is 0 Å². The molecule has 10 aromatic carbocycles. The highest BCUT2D eigenvalue weighted by Gasteiger charge is 2.20. The molecule has 4 nitrogen and oxygen atoms in total. The molecule has 64 heavy (non-hydrogen) atoms. The standard InChI is InChI=1S/C60H42N4/c1-5-17-42(18-6-1)59-49(41-29-31-44(32-30-41)61-45-33-37-57-52(39-45)50-25-13-15-27-55(50)63(57)47-21-9-3-10-22-47)35-36-54(60(59)43-19-7-2-8-20-43)62-46-34-38-58-53(40-46)51-26-14-16-28-56(51)64(58)48-23-11-4-12-24-48/h1-40,61-62H. The number of anilines is 4. The maximum absolute atomic E-state index is 3.92. The smallest absolute Gasteiger partial charge is 0.0542 e. The third kappa shape index (κ3) is 6.48. The molecular formula is C60H42N4. The Labute approximate surface area is 371 Å². The molecule has 0 aliphatic heterocycles. The average Bonchev–Trinajstić information content (AvgIpc) is 3.87. The Morgan fingerprint density at radius 1 is 0.266 bits per heavy atom. The number of rotatable bonds is 9. The van der Waals surface area contributed by atoms with Crippen molar-refractivity contribution in [2.75, 3.05) is 10.6 Å². The van der Waals surface area contributed by atoms with Gasteiger partial charge in [-0.15, -0.1) is 0 Å². The van der Waals surface area contributed by atoms with Gasteiger partial charge in [-0.05, 0) is 119 Å². The van der Waals surface area contributed by atoms with Crippen LogP contribution in [0.3, 0.4) is 0 Å². The molecule has 2 N–H and O–H groups in total. The van der Waals surface area contributed by atoms with Crippen molar-refractivity contribution in [1.82, 2.24) is 9.13 Å². The largest absolute Gasteiger partial charge is 0.356 e. The maximum Gasteiger partial charge on any atom is 0.0542 e. The van der Waals surface area contributed by atoms with Crippen molar-refractivity contribution in [3.05, 3.63) is 243 Å². The van der Waals surface area contributed by atoms with E-state index in [2.05, 4.69) is 262 Å². The lowest BCUT2D eigenvalue weighted by Crippen LogP contribution is -1.99. The van der Waals surface area contributed by atoms with Crippen molar-refractivity contribution >= 4 is 66.4 Å². The van der Waals surface area contributed by atoms with Crippen molar-refractivity contribution in [2.24, 2.45) is 0 Å². The summed E-state index contributed by atoms with van der Waals surface area (Å²) >= 11 is 0. The zero-order valence-electron chi connectivity index (χ0n) is 35.0. The number of aromatic nitrogens is 2. The lowest BCUT2D eigenvalue weighted by molar-refractivity contribution is 1.18. The van der Waals surface area contributed by atoms with Crippen molar-refractivity contribution in [1.29, 1.82) is 0 Å². The van der Waals surface area contributed by atoms with Gasteiger partial charge in [0.25, 0.3) is 0 Å². The normalized spacial score (nSPS) is 11.4. The van der Waals surface area contributed by atoms with Crippen LogP contribution >= 0.6 is 0 Å². The minimum absolute atomic E-state index is 1.03. The van der Waals surface area contributed by atoms with Gasteiger partial charge in [-0.1, -0.05) is 152 Å². The summed E-state index contributed by atoms with van der Waals surface area (Å²) in [6.45, 7) is 0. The zero-order chi connectivity index (χ0) is 42.4. The van der Waals surface area contributed by atoms with Gasteiger partial charge in [-0.2, -0.15) is 0 Å². The number of fused-ring (bicyclic) bond motifs is 6. The lowest BCUT2D eigenvalue weighted by atomic mass is 9.86. The molecule has 2 heterocycles. The topological polar surface area (TPSA) is 33.9 Å². The number of nitrogens with zero attached hydrogens (tertiary/aromatic N) is 2. The molecule has 0 saturated heterocycles. The summed E-state index contributed by atoms with van der Waals surface area (Å²) in [4.78, 5) is 0. The molecule has 12 rings (SSSR count). The second-order valence-corrected chi connectivity index (χ2v) is 16.3. The molecule has 0 amide bonds. The fraction of sp³-hybridized carbons (Fsp3) is 0. The van der Waals surface area contributed by atoms with Gasteiger partial charge >= 0.3 is 0 Å². The lowest BCUT2D eigenvalue weighted by Gasteiger charge is -2.21. The fourth-order valence-corrected chi connectivity index (χ4v) is 9.62. The number of para-hydroxylation sites is 4. The second kappa shape index (κ2) is 15.7. The molecule has 12 aromatic rings. The quantitative estimate of drug-likeness (QED) is 0.152. The summed E-state index contributed by atoms with van der Waals surface area (Å²) < 4.78 is 4.71. The van der Waals surface area contributed by atoms with E-state index in [4.69, 9.17) is 0 Å². The molecule has 0 aliphatic carbocycles. The summed E-state index contributed by atoms with van der Waals surface area (Å²) in [6, 6.07) is 86.9. The molecule has 0 aliphatic rings. The predicted octanol–water partition coefficient (Wildman–Crippen LogP) is 16.4. The van der Waals surface area contributed by atoms with Crippen molar-refractivity contribution < 1.29 is 0 Å². The Bertz CT molecular complexity index is 3630. The Kier molecular flexibility index (Phi) is 9.12. The van der Waals surface area contributed by atoms with Crippen LogP contribution in [-0.4, -0.2) is 9.13 Å². The minimum Gasteiger partial charge on any atom is -0.356 e. The van der Waals surface area contributed by atoms with Gasteiger partial charge in [0, 0.05) is 61.2 Å². The Hall–Kier alpha value is -8.60. The van der Waals surface area contributed by atoms with E-state index in [0.29, 0.717) is 0 Å². The van der Waals surface area contributed by atoms with E-state index in [1.165, 1.54) is 54.7 Å². The third-order valence-electron chi connectivity index (χ3n) is 12.5. The first kappa shape index (κ1) is 37.2. The SMILES string of the molecule is c1ccc(-c2c(Nc3ccc4c(c3)c3ccccc3n4-c3ccccc3)ccc(-c3ccc(Nc4ccc5c(c4)c4ccccc4n5-c4ccccc4)cc3)c2-c2ccccc2)cc1. The van der Waals surface area contributed by atoms with Gasteiger partial charge in [-0.3, -0.25) is 0 Å². The third-order valence-corrected chi connectivity index (χ3v) is 12.5. The minimum atomic E-state index is 1.03. The van der Waals surface area contributed by atoms with Crippen LogP contribution in [0.5, 0.6) is 0 Å². The Morgan fingerprint density at radius 3 is 1.22 bits per heavy atom. The van der Waals surface area contributed by atoms with Gasteiger partial charge in [0.2, 0.25) is 0 Å². The summed E-state index contributed by atoms with van der Waals surface area (Å²) in [5.41, 5.74) is 18.2. The van der Waals surface area contributed by atoms with E-state index in [-0.39, 0.29) is 0 Å². The average molecular weight is 819 g/mol. The van der Waals surface area contributed by atoms with E-state index < -0.39 is 0 Å². The highest BCUT2D eigenvalue weighted by molar-refractivity contribution is 6.12. The van der Waals surface area contributed by atoms with Crippen LogP contribution in [0.4, 0.5) is 22.7 Å². The first-order valence-corrected chi connectivity index (χ1v) is 21.8. The summed E-state index contributed by atoms with van der Waals surface area (Å²) in [7, 11) is 0. The molecule has 0 atom stereocenters. The maximum atomic E-state index is 3.92. The molecular weight excluding hydrogens is 777 g/mol. The monoisotopic (exact) mass is 818 g/mol. The Morgan fingerprint density at radius 2 is 0.688 bits per heavy atom. The predicted molar refractivity (Wildman–Crippen MR) is 271 cm³/mol. The van der Waals surface area contributed by atoms with E-state index in [0.717, 1.165) is 56.4 Å². The van der Waals surface area contributed by atoms with Crippen molar-refractivity contribution in [3.8, 4) is 44.8 Å². The van der Waals surface area contributed by atoms with Crippen LogP contribution in [0.1, 0.15) is 0 Å². The molecule has 2 aromatic heterocycles. The van der Waals surface area contributed by atoms with Crippen LogP contribution in [0.2, 0.25) is 0 Å². The first-order chi connectivity index (χ1) is 31.7. The number of hydrogen-bond donors (Lipinski definition) is 2. The number of benzene rings is 10. The highest BCUT2D eigenvalue weighted by Crippen LogP contribution is 2.46. The molecule has 0 spiro atoms. The van der Waals surface area contributed by atoms with E-state index in [1.54, 1.807) is 0 Å². The summed E-state index contributed by atoms with van der Waals surface area (Å²) in [6.07, 6.45) is 0. The molecule has 0 saturated carbocycles. The molecule has 0 unspecified atom stereocenters. The summed E-state index contributed by atoms with van der Waals surface area (Å²) in [5, 5.41) is 12.5. The van der Waals surface area contributed by atoms with Crippen LogP contribution in [0, 0.1) is 0 Å². The van der Waals surface area contributed by atoms with Crippen molar-refractivity contribution in [2.45, 2.75) is 0 Å². The molecule has 0 fully saturated rings. The van der Waals surface area contributed by atoms with E-state index in [9.17, 15) is 0 Å². The van der Waals surface area contributed by atoms with Gasteiger partial charge in [0.05, 0.1) is 22.1 Å². The first-order valence-electron chi connectivity index (χ1n) is 21.8. The van der Waals surface area contributed by atoms with Gasteiger partial charge in [0.15, 0.2) is 0 Å². The van der Waals surface area contributed by atoms with Gasteiger partial charge in [0.1, 0.15) is 0 Å². The second-order valence-electron chi connectivity index (χ2n) is 16.3. The zero-order valence-corrected chi connectivity index (χ0v) is 35.0. The number of hydrogen-bond acceptors (Lipinski definition) is 2. The molecule has 4 heteroatoms. The van der Waals surface area contributed by atoms with Gasteiger partial charge in [-0.25, -0.2) is 0 Å². The van der Waals surface area contributed by atoms with Gasteiger partial charge < -0.3 is 19.8 Å². The molecule has 0 bridgehead atoms. The van der Waals surface area contributed by atoms with E-state index in [1.807, 2.05) is 0 Å². The Balaban J connectivity index is 0.935. The summed E-state index contributed by atoms with van der Waals surface area (Å²) in [5.74, 6) is 0.